The van der Waals surface area contributed by atoms with Gasteiger partial charge < -0.3 is 5.32 Å². The van der Waals surface area contributed by atoms with Gasteiger partial charge in [0.2, 0.25) is 0 Å². The van der Waals surface area contributed by atoms with Crippen molar-refractivity contribution in [1.82, 2.24) is 15.1 Å². The average Bonchev–Trinajstić information content (AvgIpc) is 2.24. The Morgan fingerprint density at radius 3 is 3.00 bits per heavy atom. The molecule has 1 aromatic rings. The van der Waals surface area contributed by atoms with Crippen LogP contribution in [0.15, 0.2) is 10.9 Å². The van der Waals surface area contributed by atoms with E-state index < -0.39 is 0 Å². The highest BCUT2D eigenvalue weighted by Crippen LogP contribution is 2.13. The van der Waals surface area contributed by atoms with Crippen molar-refractivity contribution < 1.29 is 0 Å². The summed E-state index contributed by atoms with van der Waals surface area (Å²) in [6.45, 7) is 5.69. The van der Waals surface area contributed by atoms with E-state index in [0.717, 1.165) is 37.2 Å². The Morgan fingerprint density at radius 2 is 2.33 bits per heavy atom. The lowest BCUT2D eigenvalue weighted by atomic mass is 10.1. The topological polar surface area (TPSA) is 46.9 Å². The van der Waals surface area contributed by atoms with Crippen LogP contribution in [0.2, 0.25) is 0 Å². The standard InChI is InChI=1S/C11H17N3O/c1-8-6-9(2)13-14(11(8)15)10-4-3-5-12-7-10/h6,10,12H,3-5,7H2,1-2H3. The summed E-state index contributed by atoms with van der Waals surface area (Å²) >= 11 is 0. The smallest absolute Gasteiger partial charge is 0.269 e. The fourth-order valence-corrected chi connectivity index (χ4v) is 2.09. The van der Waals surface area contributed by atoms with E-state index in [9.17, 15) is 4.79 Å². The second-order valence-electron chi connectivity index (χ2n) is 4.22. The van der Waals surface area contributed by atoms with Gasteiger partial charge >= 0.3 is 0 Å². The fourth-order valence-electron chi connectivity index (χ4n) is 2.09. The van der Waals surface area contributed by atoms with Gasteiger partial charge in [0, 0.05) is 12.1 Å². The second-order valence-corrected chi connectivity index (χ2v) is 4.22. The van der Waals surface area contributed by atoms with Gasteiger partial charge in [-0.2, -0.15) is 5.10 Å². The maximum atomic E-state index is 11.9. The largest absolute Gasteiger partial charge is 0.315 e. The molecule has 0 radical (unpaired) electrons. The first-order valence-corrected chi connectivity index (χ1v) is 5.46. The molecule has 0 aliphatic carbocycles. The Morgan fingerprint density at radius 1 is 1.53 bits per heavy atom. The summed E-state index contributed by atoms with van der Waals surface area (Å²) in [6.07, 6.45) is 2.16. The molecule has 0 saturated carbocycles. The number of nitrogens with zero attached hydrogens (tertiary/aromatic N) is 2. The van der Waals surface area contributed by atoms with Crippen LogP contribution in [-0.4, -0.2) is 22.9 Å². The molecule has 0 bridgehead atoms. The summed E-state index contributed by atoms with van der Waals surface area (Å²) in [5.41, 5.74) is 1.75. The summed E-state index contributed by atoms with van der Waals surface area (Å²) in [4.78, 5) is 11.9. The van der Waals surface area contributed by atoms with Crippen LogP contribution in [0.25, 0.3) is 0 Å². The minimum absolute atomic E-state index is 0.0503. The Bertz CT molecular complexity index is 405. The molecule has 82 valence electrons. The normalized spacial score (nSPS) is 21.6. The molecule has 1 N–H and O–H groups in total. The third kappa shape index (κ3) is 2.09. The number of rotatable bonds is 1. The van der Waals surface area contributed by atoms with Crippen LogP contribution < -0.4 is 10.9 Å². The van der Waals surface area contributed by atoms with Gasteiger partial charge in [-0.1, -0.05) is 0 Å². The van der Waals surface area contributed by atoms with E-state index in [1.165, 1.54) is 0 Å². The number of piperidine rings is 1. The van der Waals surface area contributed by atoms with Crippen molar-refractivity contribution in [2.45, 2.75) is 32.7 Å². The first-order chi connectivity index (χ1) is 7.18. The van der Waals surface area contributed by atoms with Crippen LogP contribution in [0, 0.1) is 13.8 Å². The van der Waals surface area contributed by atoms with Gasteiger partial charge in [-0.25, -0.2) is 4.68 Å². The summed E-state index contributed by atoms with van der Waals surface area (Å²) in [7, 11) is 0. The molecular weight excluding hydrogens is 190 g/mol. The van der Waals surface area contributed by atoms with Crippen LogP contribution in [-0.2, 0) is 0 Å². The Labute approximate surface area is 89.3 Å². The molecule has 1 aliphatic rings. The quantitative estimate of drug-likeness (QED) is 0.740. The first kappa shape index (κ1) is 10.4. The van der Waals surface area contributed by atoms with E-state index in [0.29, 0.717) is 0 Å². The van der Waals surface area contributed by atoms with Crippen molar-refractivity contribution in [3.8, 4) is 0 Å². The van der Waals surface area contributed by atoms with Gasteiger partial charge in [0.1, 0.15) is 0 Å². The highest BCUT2D eigenvalue weighted by molar-refractivity contribution is 5.10. The van der Waals surface area contributed by atoms with Crippen molar-refractivity contribution in [2.24, 2.45) is 0 Å². The molecule has 1 unspecified atom stereocenters. The molecule has 4 heteroatoms. The maximum absolute atomic E-state index is 11.9. The van der Waals surface area contributed by atoms with E-state index in [1.54, 1.807) is 4.68 Å². The molecule has 0 aromatic carbocycles. The SMILES string of the molecule is Cc1cc(C)c(=O)n(C2CCCNC2)n1. The molecule has 2 heterocycles. The molecule has 0 amide bonds. The maximum Gasteiger partial charge on any atom is 0.269 e. The summed E-state index contributed by atoms with van der Waals surface area (Å²) in [6, 6.07) is 2.07. The lowest BCUT2D eigenvalue weighted by molar-refractivity contribution is 0.333. The number of nitrogens with one attached hydrogen (secondary N) is 1. The Balaban J connectivity index is 2.38. The Hall–Kier alpha value is -1.16. The first-order valence-electron chi connectivity index (χ1n) is 5.46. The third-order valence-corrected chi connectivity index (χ3v) is 2.85. The fraction of sp³-hybridized carbons (Fsp3) is 0.636. The average molecular weight is 207 g/mol. The van der Waals surface area contributed by atoms with Crippen molar-refractivity contribution >= 4 is 0 Å². The summed E-state index contributed by atoms with van der Waals surface area (Å²) in [5, 5.41) is 7.62. The van der Waals surface area contributed by atoms with E-state index in [4.69, 9.17) is 0 Å². The van der Waals surface area contributed by atoms with Crippen LogP contribution in [0.1, 0.15) is 30.1 Å². The second kappa shape index (κ2) is 4.14. The predicted molar refractivity (Wildman–Crippen MR) is 59.1 cm³/mol. The molecule has 0 spiro atoms. The van der Waals surface area contributed by atoms with Gasteiger partial charge in [-0.15, -0.1) is 0 Å². The zero-order chi connectivity index (χ0) is 10.8. The minimum Gasteiger partial charge on any atom is -0.315 e. The van der Waals surface area contributed by atoms with Gasteiger partial charge in [-0.3, -0.25) is 4.79 Å². The van der Waals surface area contributed by atoms with Gasteiger partial charge in [0.05, 0.1) is 11.7 Å². The lowest BCUT2D eigenvalue weighted by Crippen LogP contribution is -2.38. The predicted octanol–water partition coefficient (Wildman–Crippen LogP) is 0.785. The Kier molecular flexibility index (Phi) is 2.86. The highest BCUT2D eigenvalue weighted by Gasteiger charge is 2.17. The van der Waals surface area contributed by atoms with Crippen molar-refractivity contribution in [3.63, 3.8) is 0 Å². The minimum atomic E-state index is 0.0503. The van der Waals surface area contributed by atoms with Crippen molar-refractivity contribution in [2.75, 3.05) is 13.1 Å². The monoisotopic (exact) mass is 207 g/mol. The molecule has 1 fully saturated rings. The third-order valence-electron chi connectivity index (χ3n) is 2.85. The number of hydrogen-bond acceptors (Lipinski definition) is 3. The molecular formula is C11H17N3O. The van der Waals surface area contributed by atoms with Crippen LogP contribution in [0.3, 0.4) is 0 Å². The molecule has 2 rings (SSSR count). The van der Waals surface area contributed by atoms with E-state index in [-0.39, 0.29) is 11.6 Å². The summed E-state index contributed by atoms with van der Waals surface area (Å²) in [5.74, 6) is 0. The van der Waals surface area contributed by atoms with Crippen molar-refractivity contribution in [3.05, 3.63) is 27.7 Å². The van der Waals surface area contributed by atoms with Crippen LogP contribution in [0.5, 0.6) is 0 Å². The highest BCUT2D eigenvalue weighted by atomic mass is 16.1. The molecule has 15 heavy (non-hydrogen) atoms. The van der Waals surface area contributed by atoms with Crippen molar-refractivity contribution in [1.29, 1.82) is 0 Å². The number of hydrogen-bond donors (Lipinski definition) is 1. The molecule has 1 aromatic heterocycles. The molecule has 1 atom stereocenters. The molecule has 1 aliphatic heterocycles. The zero-order valence-electron chi connectivity index (χ0n) is 9.29. The zero-order valence-corrected chi connectivity index (χ0v) is 9.29. The molecule has 4 nitrogen and oxygen atoms in total. The van der Waals surface area contributed by atoms with Gasteiger partial charge in [0.25, 0.3) is 5.56 Å². The summed E-state index contributed by atoms with van der Waals surface area (Å²) < 4.78 is 1.65. The van der Waals surface area contributed by atoms with Gasteiger partial charge in [-0.05, 0) is 39.3 Å². The van der Waals surface area contributed by atoms with E-state index in [1.807, 2.05) is 19.9 Å². The lowest BCUT2D eigenvalue weighted by Gasteiger charge is -2.24. The van der Waals surface area contributed by atoms with E-state index in [2.05, 4.69) is 10.4 Å². The molecule has 1 saturated heterocycles. The number of aromatic nitrogens is 2. The van der Waals surface area contributed by atoms with Crippen LogP contribution >= 0.6 is 0 Å². The van der Waals surface area contributed by atoms with Gasteiger partial charge in [0.15, 0.2) is 0 Å². The number of aryl methyl sites for hydroxylation is 2. The van der Waals surface area contributed by atoms with E-state index >= 15 is 0 Å². The van der Waals surface area contributed by atoms with Crippen LogP contribution in [0.4, 0.5) is 0 Å².